The maximum absolute atomic E-state index is 13.1. The summed E-state index contributed by atoms with van der Waals surface area (Å²) in [5, 5.41) is 2.88. The number of nitrogens with zero attached hydrogens (tertiary/aromatic N) is 1. The molecular weight excluding hydrogens is 221 g/mol. The van der Waals surface area contributed by atoms with Crippen molar-refractivity contribution in [1.82, 2.24) is 5.32 Å². The lowest BCUT2D eigenvalue weighted by molar-refractivity contribution is -0.123. The summed E-state index contributed by atoms with van der Waals surface area (Å²) in [6.45, 7) is 2.08. The Labute approximate surface area is 101 Å². The summed E-state index contributed by atoms with van der Waals surface area (Å²) in [5.74, 6) is -0.747. The highest BCUT2D eigenvalue weighted by Crippen LogP contribution is 2.16. The minimum Gasteiger partial charge on any atom is -0.372 e. The number of benzene rings is 1. The van der Waals surface area contributed by atoms with Crippen molar-refractivity contribution in [2.75, 3.05) is 25.5 Å². The molecule has 17 heavy (non-hydrogen) atoms. The summed E-state index contributed by atoms with van der Waals surface area (Å²) in [5.41, 5.74) is 5.19. The van der Waals surface area contributed by atoms with Gasteiger partial charge in [0.05, 0.1) is 0 Å². The van der Waals surface area contributed by atoms with Crippen LogP contribution in [0.5, 0.6) is 0 Å². The summed E-state index contributed by atoms with van der Waals surface area (Å²) in [4.78, 5) is 13.1. The number of carbonyl (C=O) groups excluding carboxylic acids is 1. The molecule has 5 heteroatoms. The van der Waals surface area contributed by atoms with E-state index >= 15 is 0 Å². The molecule has 4 nitrogen and oxygen atoms in total. The van der Waals surface area contributed by atoms with E-state index < -0.39 is 11.4 Å². The first-order valence-corrected chi connectivity index (χ1v) is 5.34. The number of primary amides is 1. The molecule has 0 saturated carbocycles. The Morgan fingerprint density at radius 2 is 2.24 bits per heavy atom. The van der Waals surface area contributed by atoms with E-state index in [2.05, 4.69) is 5.32 Å². The van der Waals surface area contributed by atoms with Gasteiger partial charge in [0, 0.05) is 19.3 Å². The van der Waals surface area contributed by atoms with Crippen LogP contribution in [0.4, 0.5) is 10.1 Å². The van der Waals surface area contributed by atoms with Gasteiger partial charge in [-0.1, -0.05) is 6.07 Å². The van der Waals surface area contributed by atoms with Crippen molar-refractivity contribution >= 4 is 11.6 Å². The first-order chi connectivity index (χ1) is 7.89. The van der Waals surface area contributed by atoms with E-state index in [0.29, 0.717) is 12.2 Å². The molecule has 1 aromatic rings. The average Bonchev–Trinajstić information content (AvgIpc) is 2.28. The molecule has 1 aromatic carbocycles. The van der Waals surface area contributed by atoms with Gasteiger partial charge in [-0.15, -0.1) is 0 Å². The highest BCUT2D eigenvalue weighted by atomic mass is 19.1. The van der Waals surface area contributed by atoms with Crippen LogP contribution < -0.4 is 16.0 Å². The Balaban J connectivity index is 2.85. The maximum Gasteiger partial charge on any atom is 0.239 e. The highest BCUT2D eigenvalue weighted by molar-refractivity contribution is 5.85. The van der Waals surface area contributed by atoms with E-state index in [0.717, 1.165) is 0 Å². The molecule has 0 saturated heterocycles. The van der Waals surface area contributed by atoms with Crippen LogP contribution >= 0.6 is 0 Å². The third-order valence-corrected chi connectivity index (χ3v) is 2.90. The normalized spacial score (nSPS) is 14.1. The lowest BCUT2D eigenvalue weighted by atomic mass is 10.0. The van der Waals surface area contributed by atoms with Gasteiger partial charge in [-0.3, -0.25) is 4.79 Å². The predicted molar refractivity (Wildman–Crippen MR) is 66.3 cm³/mol. The molecular formula is C12H18FN3O. The number of hydrogen-bond donors (Lipinski definition) is 2. The summed E-state index contributed by atoms with van der Waals surface area (Å²) in [7, 11) is 3.46. The van der Waals surface area contributed by atoms with E-state index in [1.807, 2.05) is 0 Å². The second-order valence-electron chi connectivity index (χ2n) is 4.28. The summed E-state index contributed by atoms with van der Waals surface area (Å²) >= 11 is 0. The Kier molecular flexibility index (Phi) is 4.07. The van der Waals surface area contributed by atoms with E-state index in [9.17, 15) is 9.18 Å². The van der Waals surface area contributed by atoms with Crippen LogP contribution in [0.1, 0.15) is 6.92 Å². The maximum atomic E-state index is 13.1. The smallest absolute Gasteiger partial charge is 0.239 e. The minimum atomic E-state index is -0.846. The molecule has 0 radical (unpaired) electrons. The van der Waals surface area contributed by atoms with Crippen molar-refractivity contribution < 1.29 is 9.18 Å². The molecule has 0 bridgehead atoms. The van der Waals surface area contributed by atoms with Crippen LogP contribution in [0.3, 0.4) is 0 Å². The summed E-state index contributed by atoms with van der Waals surface area (Å²) in [6, 6.07) is 6.20. The quantitative estimate of drug-likeness (QED) is 0.796. The fourth-order valence-corrected chi connectivity index (χ4v) is 1.56. The van der Waals surface area contributed by atoms with Crippen molar-refractivity contribution in [3.05, 3.63) is 30.1 Å². The Bertz CT molecular complexity index is 410. The van der Waals surface area contributed by atoms with Gasteiger partial charge in [-0.25, -0.2) is 4.39 Å². The first kappa shape index (κ1) is 13.4. The number of halogens is 1. The Morgan fingerprint density at radius 3 is 2.71 bits per heavy atom. The molecule has 1 amide bonds. The third-order valence-electron chi connectivity index (χ3n) is 2.90. The van der Waals surface area contributed by atoms with Gasteiger partial charge in [-0.2, -0.15) is 0 Å². The van der Waals surface area contributed by atoms with E-state index in [-0.39, 0.29) is 5.82 Å². The van der Waals surface area contributed by atoms with Crippen LogP contribution in [-0.4, -0.2) is 32.1 Å². The number of hydrogen-bond acceptors (Lipinski definition) is 3. The number of nitrogens with one attached hydrogen (secondary N) is 1. The summed E-state index contributed by atoms with van der Waals surface area (Å²) < 4.78 is 13.1. The molecule has 0 heterocycles. The fourth-order valence-electron chi connectivity index (χ4n) is 1.56. The zero-order valence-electron chi connectivity index (χ0n) is 10.3. The van der Waals surface area contributed by atoms with E-state index in [1.165, 1.54) is 12.1 Å². The molecule has 0 aliphatic rings. The predicted octanol–water partition coefficient (Wildman–Crippen LogP) is 0.725. The lowest BCUT2D eigenvalue weighted by Crippen LogP contribution is -2.58. The zero-order chi connectivity index (χ0) is 13.1. The third kappa shape index (κ3) is 3.17. The van der Waals surface area contributed by atoms with E-state index in [4.69, 9.17) is 5.73 Å². The van der Waals surface area contributed by atoms with E-state index in [1.54, 1.807) is 38.1 Å². The van der Waals surface area contributed by atoms with Crippen molar-refractivity contribution in [3.63, 3.8) is 0 Å². The molecule has 94 valence electrons. The second-order valence-corrected chi connectivity index (χ2v) is 4.28. The van der Waals surface area contributed by atoms with Gasteiger partial charge >= 0.3 is 0 Å². The lowest BCUT2D eigenvalue weighted by Gasteiger charge is -2.31. The fraction of sp³-hybridized carbons (Fsp3) is 0.417. The van der Waals surface area contributed by atoms with Crippen molar-refractivity contribution in [3.8, 4) is 0 Å². The van der Waals surface area contributed by atoms with Crippen LogP contribution in [-0.2, 0) is 4.79 Å². The molecule has 0 spiro atoms. The van der Waals surface area contributed by atoms with Gasteiger partial charge in [0.25, 0.3) is 0 Å². The van der Waals surface area contributed by atoms with Crippen molar-refractivity contribution in [1.29, 1.82) is 0 Å². The highest BCUT2D eigenvalue weighted by Gasteiger charge is 2.30. The Hall–Kier alpha value is -1.62. The monoisotopic (exact) mass is 239 g/mol. The van der Waals surface area contributed by atoms with Gasteiger partial charge in [0.2, 0.25) is 5.91 Å². The number of amides is 1. The van der Waals surface area contributed by atoms with Crippen molar-refractivity contribution in [2.45, 2.75) is 12.5 Å². The standard InChI is InChI=1S/C12H18FN3O/c1-12(15-2,11(14)17)8-16(3)10-6-4-5-9(13)7-10/h4-7,15H,8H2,1-3H3,(H2,14,17). The zero-order valence-corrected chi connectivity index (χ0v) is 10.3. The largest absolute Gasteiger partial charge is 0.372 e. The van der Waals surface area contributed by atoms with Crippen LogP contribution in [0.25, 0.3) is 0 Å². The molecule has 1 atom stereocenters. The first-order valence-electron chi connectivity index (χ1n) is 5.34. The molecule has 3 N–H and O–H groups in total. The number of nitrogens with two attached hydrogens (primary N) is 1. The summed E-state index contributed by atoms with van der Waals surface area (Å²) in [6.07, 6.45) is 0. The number of carbonyl (C=O) groups is 1. The topological polar surface area (TPSA) is 58.4 Å². The molecule has 1 unspecified atom stereocenters. The molecule has 0 aliphatic heterocycles. The van der Waals surface area contributed by atoms with Gasteiger partial charge in [0.1, 0.15) is 11.4 Å². The van der Waals surface area contributed by atoms with Crippen LogP contribution in [0.2, 0.25) is 0 Å². The SMILES string of the molecule is CNC(C)(CN(C)c1cccc(F)c1)C(N)=O. The van der Waals surface area contributed by atoms with Crippen molar-refractivity contribution in [2.24, 2.45) is 5.73 Å². The van der Waals surface area contributed by atoms with Gasteiger partial charge in [0.15, 0.2) is 0 Å². The average molecular weight is 239 g/mol. The number of anilines is 1. The Morgan fingerprint density at radius 1 is 1.59 bits per heavy atom. The number of rotatable bonds is 5. The molecule has 0 fully saturated rings. The molecule has 0 aromatic heterocycles. The number of likely N-dealkylation sites (N-methyl/N-ethyl adjacent to an activating group) is 2. The van der Waals surface area contributed by atoms with Gasteiger partial charge < -0.3 is 16.0 Å². The minimum absolute atomic E-state index is 0.306. The second kappa shape index (κ2) is 5.14. The molecule has 1 rings (SSSR count). The van der Waals surface area contributed by atoms with Crippen LogP contribution in [0, 0.1) is 5.82 Å². The molecule has 0 aliphatic carbocycles. The van der Waals surface area contributed by atoms with Gasteiger partial charge in [-0.05, 0) is 32.2 Å². The van der Waals surface area contributed by atoms with Crippen LogP contribution in [0.15, 0.2) is 24.3 Å².